The van der Waals surface area contributed by atoms with Gasteiger partial charge in [0.05, 0.1) is 57.0 Å². The van der Waals surface area contributed by atoms with E-state index in [1.54, 1.807) is 23.5 Å². The summed E-state index contributed by atoms with van der Waals surface area (Å²) in [7, 11) is -0.110. The fourth-order valence-corrected chi connectivity index (χ4v) is 6.77. The van der Waals surface area contributed by atoms with Gasteiger partial charge in [-0.25, -0.2) is 19.6 Å². The zero-order valence-corrected chi connectivity index (χ0v) is 38.8. The number of hydrogen-bond acceptors (Lipinski definition) is 9. The van der Waals surface area contributed by atoms with Gasteiger partial charge in [0.1, 0.15) is 24.7 Å². The van der Waals surface area contributed by atoms with Gasteiger partial charge in [-0.05, 0) is 47.4 Å². The Morgan fingerprint density at radius 2 is 0.938 bits per heavy atom. The van der Waals surface area contributed by atoms with Gasteiger partial charge in [-0.3, -0.25) is 9.59 Å². The lowest BCUT2D eigenvalue weighted by Gasteiger charge is -2.29. The number of nitrogens with one attached hydrogen (secondary N) is 4. The first-order valence-corrected chi connectivity index (χ1v) is 23.6. The van der Waals surface area contributed by atoms with Crippen molar-refractivity contribution in [2.75, 3.05) is 58.5 Å². The van der Waals surface area contributed by atoms with E-state index in [2.05, 4.69) is 52.7 Å². The topological polar surface area (TPSA) is 175 Å². The van der Waals surface area contributed by atoms with Crippen LogP contribution in [0.3, 0.4) is 0 Å². The minimum Gasteiger partial charge on any atom is -0.453 e. The van der Waals surface area contributed by atoms with E-state index in [1.807, 2.05) is 128 Å². The normalized spacial score (nSPS) is 10.5. The fraction of sp³-hybridized carbons (Fsp3) is 0.277. The molecule has 4 N–H and O–H groups in total. The van der Waals surface area contributed by atoms with Crippen LogP contribution < -0.4 is 10.6 Å². The number of aromatic amines is 2. The number of carbonyl (C=O) groups is 4. The van der Waals surface area contributed by atoms with E-state index >= 15 is 0 Å². The Hall–Kier alpha value is -6.59. The van der Waals surface area contributed by atoms with Gasteiger partial charge in [0.15, 0.2) is 0 Å². The average Bonchev–Trinajstić information content (AvgIpc) is 4.01. The van der Waals surface area contributed by atoms with E-state index in [0.717, 1.165) is 40.1 Å². The third kappa shape index (κ3) is 18.8. The largest absolute Gasteiger partial charge is 0.453 e. The zero-order chi connectivity index (χ0) is 46.7. The number of hydrogen-bond donors (Lipinski definition) is 5. The van der Waals surface area contributed by atoms with Crippen LogP contribution in [0.5, 0.6) is 0 Å². The highest BCUT2D eigenvalue weighted by molar-refractivity contribution is 8.28. The molecule has 4 amide bonds. The number of halogens is 1. The van der Waals surface area contributed by atoms with Crippen LogP contribution in [0.25, 0.3) is 33.6 Å². The molecule has 0 saturated heterocycles. The molecule has 2 aromatic heterocycles. The standard InChI is InChI=1S/C34H43FN8O6S.2C6H6.CH4S/c1-6-15-42(31(44)18-38-33(46)48-2)20-29-36-16-27(40-29)25-11-7-23(8-12-25)24-9-13-26(14-10-24)28-17-37-30(41-28)21-43(22-50(4,5)35)32(45)19-39-34(47)49-3;2*1-2-4-6-5-3-1;1-2/h7-14,16-17H,6,15,18-22H2,1-5H3,(H,36,40)(H,37,41)(H,38,46)(H,39,47);2*1-6H;2H,1H3. The van der Waals surface area contributed by atoms with Crippen LogP contribution in [0.4, 0.5) is 13.5 Å². The first-order chi connectivity index (χ1) is 30.9. The number of methoxy groups -OCH3 is 2. The summed E-state index contributed by atoms with van der Waals surface area (Å²) in [5.41, 5.74) is 5.37. The molecule has 0 aliphatic rings. The van der Waals surface area contributed by atoms with Crippen LogP contribution in [-0.4, -0.2) is 112 Å². The second-order valence-electron chi connectivity index (χ2n) is 14.1. The number of rotatable bonds is 15. The molecule has 14 nitrogen and oxygen atoms in total. The monoisotopic (exact) mass is 914 g/mol. The number of amides is 4. The summed E-state index contributed by atoms with van der Waals surface area (Å²) in [6, 6.07) is 39.9. The summed E-state index contributed by atoms with van der Waals surface area (Å²) in [5.74, 6) is 0.324. The Balaban J connectivity index is 0.000000661. The number of H-pyrrole nitrogens is 2. The molecule has 0 bridgehead atoms. The van der Waals surface area contributed by atoms with Crippen molar-refractivity contribution in [2.24, 2.45) is 0 Å². The Kier molecular flexibility index (Phi) is 22.8. The van der Waals surface area contributed by atoms with Crippen molar-refractivity contribution >= 4 is 47.0 Å². The molecular formula is C47H59FN8O6S2. The van der Waals surface area contributed by atoms with E-state index < -0.39 is 28.5 Å². The van der Waals surface area contributed by atoms with E-state index in [0.29, 0.717) is 18.2 Å². The van der Waals surface area contributed by atoms with Gasteiger partial charge >= 0.3 is 12.2 Å². The van der Waals surface area contributed by atoms with E-state index in [9.17, 15) is 23.1 Å². The van der Waals surface area contributed by atoms with Crippen molar-refractivity contribution in [3.8, 4) is 33.6 Å². The van der Waals surface area contributed by atoms with Gasteiger partial charge in [-0.2, -0.15) is 16.5 Å². The van der Waals surface area contributed by atoms with E-state index in [-0.39, 0.29) is 38.0 Å². The minimum absolute atomic E-state index is 0.0495. The Morgan fingerprint density at radius 3 is 1.27 bits per heavy atom. The molecule has 0 atom stereocenters. The molecule has 0 fully saturated rings. The van der Waals surface area contributed by atoms with Gasteiger partial charge in [-0.15, -0.1) is 0 Å². The number of nitrogens with zero attached hydrogens (tertiary/aromatic N) is 4. The molecule has 6 aromatic rings. The number of aromatic nitrogens is 4. The second-order valence-corrected chi connectivity index (χ2v) is 17.1. The van der Waals surface area contributed by atoms with Gasteiger partial charge < -0.3 is 39.9 Å². The summed E-state index contributed by atoms with van der Waals surface area (Å²) < 4.78 is 23.6. The number of imidazole rings is 2. The van der Waals surface area contributed by atoms with Crippen LogP contribution >= 0.6 is 23.0 Å². The summed E-state index contributed by atoms with van der Waals surface area (Å²) in [5, 5.41) is 4.76. The summed E-state index contributed by atoms with van der Waals surface area (Å²) in [6.45, 7) is 2.34. The molecule has 0 saturated carbocycles. The SMILES string of the molecule is CCCN(Cc1ncc(-c2ccc(-c3ccc(-c4cnc(CN(CS(C)(C)F)C(=O)CNC(=O)OC)[nH]4)cc3)cc2)[nH]1)C(=O)CNC(=O)OC.CS.c1ccccc1.c1ccccc1. The highest BCUT2D eigenvalue weighted by Gasteiger charge is 2.23. The first-order valence-electron chi connectivity index (χ1n) is 20.2. The van der Waals surface area contributed by atoms with Gasteiger partial charge in [0.25, 0.3) is 0 Å². The average molecular weight is 915 g/mol. The number of benzene rings is 4. The third-order valence-electron chi connectivity index (χ3n) is 8.80. The molecule has 64 heavy (non-hydrogen) atoms. The van der Waals surface area contributed by atoms with Crippen molar-refractivity contribution in [1.29, 1.82) is 0 Å². The zero-order valence-electron chi connectivity index (χ0n) is 37.1. The van der Waals surface area contributed by atoms with E-state index in [4.69, 9.17) is 0 Å². The predicted octanol–water partition coefficient (Wildman–Crippen LogP) is 8.74. The molecule has 4 aromatic carbocycles. The Bertz CT molecular complexity index is 2170. The molecule has 0 aliphatic carbocycles. The maximum absolute atomic E-state index is 14.6. The van der Waals surface area contributed by atoms with E-state index in [1.165, 1.54) is 31.6 Å². The lowest BCUT2D eigenvalue weighted by molar-refractivity contribution is -0.131. The van der Waals surface area contributed by atoms with Gasteiger partial charge in [0.2, 0.25) is 11.8 Å². The molecule has 0 radical (unpaired) electrons. The Labute approximate surface area is 382 Å². The van der Waals surface area contributed by atoms with Gasteiger partial charge in [0, 0.05) is 6.54 Å². The lowest BCUT2D eigenvalue weighted by Crippen LogP contribution is -2.41. The van der Waals surface area contributed by atoms with Crippen LogP contribution in [0.2, 0.25) is 0 Å². The van der Waals surface area contributed by atoms with Crippen LogP contribution in [0.1, 0.15) is 25.0 Å². The van der Waals surface area contributed by atoms with Crippen molar-refractivity contribution in [3.05, 3.63) is 145 Å². The van der Waals surface area contributed by atoms with Gasteiger partial charge in [-0.1, -0.05) is 139 Å². The quantitative estimate of drug-likeness (QED) is 0.0636. The molecular weight excluding hydrogens is 856 g/mol. The first kappa shape index (κ1) is 51.8. The highest BCUT2D eigenvalue weighted by atomic mass is 32.3. The van der Waals surface area contributed by atoms with Crippen LogP contribution in [0.15, 0.2) is 134 Å². The number of ether oxygens (including phenoxy) is 2. The van der Waals surface area contributed by atoms with Crippen molar-refractivity contribution in [3.63, 3.8) is 0 Å². The van der Waals surface area contributed by atoms with Crippen molar-refractivity contribution in [2.45, 2.75) is 26.4 Å². The predicted molar refractivity (Wildman–Crippen MR) is 257 cm³/mol. The van der Waals surface area contributed by atoms with Crippen LogP contribution in [-0.2, 0) is 32.2 Å². The smallest absolute Gasteiger partial charge is 0.407 e. The highest BCUT2D eigenvalue weighted by Crippen LogP contribution is 2.42. The van der Waals surface area contributed by atoms with Crippen LogP contribution in [0, 0.1) is 0 Å². The molecule has 0 aliphatic heterocycles. The molecule has 342 valence electrons. The third-order valence-corrected chi connectivity index (χ3v) is 9.72. The molecule has 0 spiro atoms. The second kappa shape index (κ2) is 28.2. The summed E-state index contributed by atoms with van der Waals surface area (Å²) in [6.07, 6.45) is 7.35. The molecule has 0 unspecified atom stereocenters. The molecule has 2 heterocycles. The van der Waals surface area contributed by atoms with Crippen molar-refractivity contribution < 1.29 is 32.5 Å². The fourth-order valence-electron chi connectivity index (χ4n) is 5.80. The molecule has 6 rings (SSSR count). The maximum Gasteiger partial charge on any atom is 0.407 e. The maximum atomic E-state index is 14.6. The summed E-state index contributed by atoms with van der Waals surface area (Å²) >= 11 is 3.53. The number of carbonyl (C=O) groups excluding carboxylic acids is 4. The Morgan fingerprint density at radius 1 is 0.609 bits per heavy atom. The number of alkyl carbamates (subject to hydrolysis) is 2. The lowest BCUT2D eigenvalue weighted by atomic mass is 10.0. The summed E-state index contributed by atoms with van der Waals surface area (Å²) in [4.78, 5) is 66.5. The number of thiol groups is 1. The molecule has 17 heteroatoms. The minimum atomic E-state index is -2.55. The van der Waals surface area contributed by atoms with Crippen molar-refractivity contribution in [1.82, 2.24) is 40.4 Å².